The molecule has 0 N–H and O–H groups in total. The lowest BCUT2D eigenvalue weighted by Gasteiger charge is -2.37. The minimum absolute atomic E-state index is 0.748. The lowest BCUT2D eigenvalue weighted by molar-refractivity contribution is 0.103. The van der Waals surface area contributed by atoms with Gasteiger partial charge in [-0.1, -0.05) is 19.1 Å². The Balaban J connectivity index is 1.87. The van der Waals surface area contributed by atoms with E-state index in [0.717, 1.165) is 12.0 Å². The maximum Gasteiger partial charge on any atom is 0.0113 e. The predicted octanol–water partition coefficient (Wildman–Crippen LogP) is 2.37. The summed E-state index contributed by atoms with van der Waals surface area (Å²) < 4.78 is 0. The van der Waals surface area contributed by atoms with Gasteiger partial charge in [0.05, 0.1) is 0 Å². The maximum absolute atomic E-state index is 4.22. The van der Waals surface area contributed by atoms with Gasteiger partial charge < -0.3 is 4.90 Å². The third-order valence-corrected chi connectivity index (χ3v) is 4.48. The van der Waals surface area contributed by atoms with Gasteiger partial charge in [-0.05, 0) is 38.6 Å². The van der Waals surface area contributed by atoms with E-state index in [2.05, 4.69) is 30.4 Å². The molecule has 1 heterocycles. The fourth-order valence-electron chi connectivity index (χ4n) is 2.94. The fraction of sp³-hybridized carbons (Fsp3) is 0.857. The van der Waals surface area contributed by atoms with E-state index in [1.54, 1.807) is 0 Å². The Labute approximate surface area is 100 Å². The van der Waals surface area contributed by atoms with Crippen molar-refractivity contribution in [1.29, 1.82) is 0 Å². The average molecular weight is 222 g/mol. The van der Waals surface area contributed by atoms with Gasteiger partial charge in [-0.3, -0.25) is 4.90 Å². The molecule has 1 aliphatic heterocycles. The van der Waals surface area contributed by atoms with Crippen LogP contribution in [0.4, 0.5) is 0 Å². The molecule has 1 saturated heterocycles. The summed E-state index contributed by atoms with van der Waals surface area (Å²) in [4.78, 5) is 5.15. The summed E-state index contributed by atoms with van der Waals surface area (Å²) in [6, 6.07) is 0.829. The molecule has 2 fully saturated rings. The Bertz CT molecular complexity index is 241. The zero-order valence-corrected chi connectivity index (χ0v) is 10.9. The topological polar surface area (TPSA) is 6.48 Å². The number of nitrogens with zero attached hydrogens (tertiary/aromatic N) is 2. The first-order valence-electron chi connectivity index (χ1n) is 6.77. The molecule has 0 aromatic carbocycles. The highest BCUT2D eigenvalue weighted by Crippen LogP contribution is 2.29. The van der Waals surface area contributed by atoms with Crippen LogP contribution in [0.5, 0.6) is 0 Å². The second-order valence-electron chi connectivity index (χ2n) is 5.67. The highest BCUT2D eigenvalue weighted by Gasteiger charge is 2.25. The largest absolute Gasteiger partial charge is 0.304 e. The minimum Gasteiger partial charge on any atom is -0.304 e. The molecular weight excluding hydrogens is 196 g/mol. The highest BCUT2D eigenvalue weighted by molar-refractivity contribution is 5.02. The molecule has 0 bridgehead atoms. The quantitative estimate of drug-likeness (QED) is 0.496. The molecule has 16 heavy (non-hydrogen) atoms. The molecule has 2 nitrogen and oxygen atoms in total. The van der Waals surface area contributed by atoms with Gasteiger partial charge >= 0.3 is 0 Å². The van der Waals surface area contributed by atoms with Crippen molar-refractivity contribution >= 4 is 0 Å². The zero-order valence-electron chi connectivity index (χ0n) is 10.9. The number of rotatable bonds is 1. The molecule has 0 spiro atoms. The molecule has 1 aliphatic carbocycles. The second-order valence-corrected chi connectivity index (χ2v) is 5.67. The van der Waals surface area contributed by atoms with Gasteiger partial charge in [-0.15, -0.1) is 0 Å². The SMILES string of the molecule is C=C1CC[C@@H](N2CCN(C)CC2)CC[C@@H]1C. The van der Waals surface area contributed by atoms with Crippen molar-refractivity contribution in [2.75, 3.05) is 33.2 Å². The summed E-state index contributed by atoms with van der Waals surface area (Å²) in [6.45, 7) is 11.6. The van der Waals surface area contributed by atoms with Crippen molar-refractivity contribution in [3.63, 3.8) is 0 Å². The van der Waals surface area contributed by atoms with Crippen LogP contribution in [-0.2, 0) is 0 Å². The third kappa shape index (κ3) is 2.86. The molecule has 0 aromatic rings. The number of allylic oxidation sites excluding steroid dienone is 1. The summed E-state index contributed by atoms with van der Waals surface area (Å²) >= 11 is 0. The fourth-order valence-corrected chi connectivity index (χ4v) is 2.94. The first kappa shape index (κ1) is 12.1. The minimum atomic E-state index is 0.748. The van der Waals surface area contributed by atoms with Crippen LogP contribution in [0.15, 0.2) is 12.2 Å². The number of piperazine rings is 1. The van der Waals surface area contributed by atoms with Crippen LogP contribution >= 0.6 is 0 Å². The van der Waals surface area contributed by atoms with Gasteiger partial charge in [-0.25, -0.2) is 0 Å². The van der Waals surface area contributed by atoms with Gasteiger partial charge in [0, 0.05) is 32.2 Å². The van der Waals surface area contributed by atoms with Gasteiger partial charge in [0.1, 0.15) is 0 Å². The summed E-state index contributed by atoms with van der Waals surface area (Å²) in [5.41, 5.74) is 1.48. The highest BCUT2D eigenvalue weighted by atomic mass is 15.3. The van der Waals surface area contributed by atoms with Crippen molar-refractivity contribution in [2.24, 2.45) is 5.92 Å². The summed E-state index contributed by atoms with van der Waals surface area (Å²) in [6.07, 6.45) is 5.31. The van der Waals surface area contributed by atoms with E-state index < -0.39 is 0 Å². The molecule has 2 aliphatic rings. The van der Waals surface area contributed by atoms with E-state index in [1.807, 2.05) is 0 Å². The van der Waals surface area contributed by atoms with E-state index >= 15 is 0 Å². The molecule has 2 heteroatoms. The van der Waals surface area contributed by atoms with Gasteiger partial charge in [0.2, 0.25) is 0 Å². The maximum atomic E-state index is 4.22. The lowest BCUT2D eigenvalue weighted by Crippen LogP contribution is -2.48. The Morgan fingerprint density at radius 3 is 2.44 bits per heavy atom. The lowest BCUT2D eigenvalue weighted by atomic mass is 9.98. The molecule has 0 aromatic heterocycles. The molecule has 0 unspecified atom stereocenters. The van der Waals surface area contributed by atoms with Crippen LogP contribution in [0.2, 0.25) is 0 Å². The average Bonchev–Trinajstić information content (AvgIpc) is 2.44. The Morgan fingerprint density at radius 1 is 1.06 bits per heavy atom. The standard InChI is InChI=1S/C14H26N2/c1-12-4-6-14(7-5-13(12)2)16-10-8-15(3)9-11-16/h13-14H,1,4-11H2,2-3H3/t13-,14+/m0/s1. The van der Waals surface area contributed by atoms with Crippen LogP contribution in [0.1, 0.15) is 32.6 Å². The number of hydrogen-bond acceptors (Lipinski definition) is 2. The summed E-state index contributed by atoms with van der Waals surface area (Å²) in [5, 5.41) is 0. The van der Waals surface area contributed by atoms with Crippen molar-refractivity contribution in [2.45, 2.75) is 38.6 Å². The predicted molar refractivity (Wildman–Crippen MR) is 69.6 cm³/mol. The van der Waals surface area contributed by atoms with E-state index in [0.29, 0.717) is 0 Å². The molecule has 1 saturated carbocycles. The van der Waals surface area contributed by atoms with Crippen LogP contribution in [-0.4, -0.2) is 49.1 Å². The first-order chi connectivity index (χ1) is 7.66. The van der Waals surface area contributed by atoms with E-state index in [4.69, 9.17) is 0 Å². The molecular formula is C14H26N2. The smallest absolute Gasteiger partial charge is 0.0113 e. The Morgan fingerprint density at radius 2 is 1.75 bits per heavy atom. The van der Waals surface area contributed by atoms with Gasteiger partial charge in [-0.2, -0.15) is 0 Å². The second kappa shape index (κ2) is 5.33. The van der Waals surface area contributed by atoms with E-state index in [9.17, 15) is 0 Å². The first-order valence-corrected chi connectivity index (χ1v) is 6.77. The monoisotopic (exact) mass is 222 g/mol. The van der Waals surface area contributed by atoms with Crippen molar-refractivity contribution < 1.29 is 0 Å². The van der Waals surface area contributed by atoms with Gasteiger partial charge in [0.15, 0.2) is 0 Å². The Kier molecular flexibility index (Phi) is 4.04. The van der Waals surface area contributed by atoms with Gasteiger partial charge in [0.25, 0.3) is 0 Å². The molecule has 0 radical (unpaired) electrons. The number of hydrogen-bond donors (Lipinski definition) is 0. The summed E-state index contributed by atoms with van der Waals surface area (Å²) in [7, 11) is 2.23. The van der Waals surface area contributed by atoms with Crippen molar-refractivity contribution in [3.05, 3.63) is 12.2 Å². The van der Waals surface area contributed by atoms with E-state index in [1.165, 1.54) is 57.4 Å². The van der Waals surface area contributed by atoms with Crippen molar-refractivity contribution in [3.8, 4) is 0 Å². The Hall–Kier alpha value is -0.340. The van der Waals surface area contributed by atoms with Crippen LogP contribution in [0.3, 0.4) is 0 Å². The molecule has 92 valence electrons. The zero-order chi connectivity index (χ0) is 11.5. The van der Waals surface area contributed by atoms with Crippen molar-refractivity contribution in [1.82, 2.24) is 9.80 Å². The van der Waals surface area contributed by atoms with Crippen LogP contribution in [0, 0.1) is 5.92 Å². The number of likely N-dealkylation sites (N-methyl/N-ethyl adjacent to an activating group) is 1. The van der Waals surface area contributed by atoms with E-state index in [-0.39, 0.29) is 0 Å². The summed E-state index contributed by atoms with van der Waals surface area (Å²) in [5.74, 6) is 0.748. The molecule has 2 atom stereocenters. The normalized spacial score (nSPS) is 35.0. The van der Waals surface area contributed by atoms with Crippen LogP contribution in [0.25, 0.3) is 0 Å². The molecule has 0 amide bonds. The van der Waals surface area contributed by atoms with Crippen LogP contribution < -0.4 is 0 Å². The molecule has 2 rings (SSSR count). The third-order valence-electron chi connectivity index (χ3n) is 4.48.